The molecule has 0 saturated heterocycles. The van der Waals surface area contributed by atoms with Crippen molar-refractivity contribution in [3.8, 4) is 0 Å². The molecule has 3 N–H and O–H groups in total. The summed E-state index contributed by atoms with van der Waals surface area (Å²) in [6.45, 7) is 3.44. The van der Waals surface area contributed by atoms with Crippen LogP contribution < -0.4 is 16.0 Å². The van der Waals surface area contributed by atoms with Gasteiger partial charge in [0, 0.05) is 29.2 Å². The number of nitrogens with zero attached hydrogens (tertiary/aromatic N) is 1. The molecule has 0 aliphatic heterocycles. The number of carbonyl (C=O) groups is 2. The standard InChI is InChI=1S/C26H36ClN3O3.HI/c1-3-29-26(17-7-11-24(31)33-2,19-16-21-12-14-22(27)15-13-21)18-8-20-30(25(28)32)23-9-5-4-6-10-23;/h4-6,9-10,12-15,29H,3,7-8,11,16-20H2,1-2H3,(H2,28,32);1H. The third-order valence-electron chi connectivity index (χ3n) is 5.99. The van der Waals surface area contributed by atoms with Gasteiger partial charge in [-0.1, -0.05) is 48.9 Å². The van der Waals surface area contributed by atoms with Gasteiger partial charge >= 0.3 is 12.0 Å². The molecule has 8 heteroatoms. The largest absolute Gasteiger partial charge is 0.469 e. The Bertz CT molecular complexity index is 867. The zero-order valence-electron chi connectivity index (χ0n) is 20.1. The molecule has 0 spiro atoms. The zero-order chi connectivity index (χ0) is 24.1. The highest BCUT2D eigenvalue weighted by Crippen LogP contribution is 2.28. The summed E-state index contributed by atoms with van der Waals surface area (Å²) in [5.41, 5.74) is 7.52. The van der Waals surface area contributed by atoms with E-state index in [1.165, 1.54) is 12.7 Å². The van der Waals surface area contributed by atoms with Crippen molar-refractivity contribution in [3.63, 3.8) is 0 Å². The Labute approximate surface area is 225 Å². The van der Waals surface area contributed by atoms with Gasteiger partial charge in [0.1, 0.15) is 0 Å². The van der Waals surface area contributed by atoms with Gasteiger partial charge in [0.25, 0.3) is 0 Å². The molecule has 0 saturated carbocycles. The first kappa shape index (κ1) is 30.2. The molecular weight excluding hydrogens is 565 g/mol. The Morgan fingerprint density at radius 2 is 1.68 bits per heavy atom. The van der Waals surface area contributed by atoms with Crippen LogP contribution in [0.15, 0.2) is 54.6 Å². The van der Waals surface area contributed by atoms with Gasteiger partial charge in [-0.25, -0.2) is 4.79 Å². The van der Waals surface area contributed by atoms with E-state index in [1.807, 2.05) is 42.5 Å². The summed E-state index contributed by atoms with van der Waals surface area (Å²) in [5.74, 6) is -0.193. The van der Waals surface area contributed by atoms with Gasteiger partial charge in [0.2, 0.25) is 0 Å². The molecule has 2 aromatic carbocycles. The number of benzene rings is 2. The molecule has 188 valence electrons. The first-order chi connectivity index (χ1) is 15.9. The van der Waals surface area contributed by atoms with Crippen LogP contribution in [0.1, 0.15) is 51.0 Å². The second-order valence-corrected chi connectivity index (χ2v) is 8.73. The molecule has 2 rings (SSSR count). The lowest BCUT2D eigenvalue weighted by atomic mass is 9.82. The molecule has 0 aliphatic carbocycles. The van der Waals surface area contributed by atoms with Crippen LogP contribution in [0.3, 0.4) is 0 Å². The van der Waals surface area contributed by atoms with E-state index >= 15 is 0 Å². The van der Waals surface area contributed by atoms with E-state index in [-0.39, 0.29) is 35.5 Å². The minimum Gasteiger partial charge on any atom is -0.469 e. The number of para-hydroxylation sites is 1. The van der Waals surface area contributed by atoms with E-state index in [0.29, 0.717) is 13.0 Å². The average molecular weight is 602 g/mol. The lowest BCUT2D eigenvalue weighted by molar-refractivity contribution is -0.140. The van der Waals surface area contributed by atoms with Crippen molar-refractivity contribution in [2.24, 2.45) is 5.73 Å². The van der Waals surface area contributed by atoms with Crippen molar-refractivity contribution >= 4 is 53.3 Å². The lowest BCUT2D eigenvalue weighted by Gasteiger charge is -2.36. The van der Waals surface area contributed by atoms with Crippen LogP contribution >= 0.6 is 35.6 Å². The van der Waals surface area contributed by atoms with E-state index in [1.54, 1.807) is 4.90 Å². The predicted octanol–water partition coefficient (Wildman–Crippen LogP) is 5.95. The maximum absolute atomic E-state index is 12.1. The van der Waals surface area contributed by atoms with E-state index in [0.717, 1.165) is 55.8 Å². The Morgan fingerprint density at radius 1 is 1.03 bits per heavy atom. The van der Waals surface area contributed by atoms with Crippen LogP contribution in [0, 0.1) is 0 Å². The molecule has 0 aromatic heterocycles. The summed E-state index contributed by atoms with van der Waals surface area (Å²) in [6.07, 6.45) is 5.40. The van der Waals surface area contributed by atoms with E-state index in [4.69, 9.17) is 22.1 Å². The number of esters is 1. The molecule has 0 radical (unpaired) electrons. The SMILES string of the molecule is CCNC(CCCC(=O)OC)(CCCN(C(N)=O)c1ccccc1)CCc1ccc(Cl)cc1.I. The third-order valence-corrected chi connectivity index (χ3v) is 6.24. The van der Waals surface area contributed by atoms with Crippen LogP contribution in [0.4, 0.5) is 10.5 Å². The normalized spacial score (nSPS) is 12.3. The Balaban J connectivity index is 0.00000578. The topological polar surface area (TPSA) is 84.7 Å². The van der Waals surface area contributed by atoms with E-state index < -0.39 is 6.03 Å². The number of primary amides is 1. The number of amides is 2. The molecule has 34 heavy (non-hydrogen) atoms. The summed E-state index contributed by atoms with van der Waals surface area (Å²) >= 11 is 6.04. The van der Waals surface area contributed by atoms with Crippen molar-refractivity contribution in [2.45, 2.75) is 57.4 Å². The van der Waals surface area contributed by atoms with Crippen molar-refractivity contribution in [2.75, 3.05) is 25.1 Å². The summed E-state index contributed by atoms with van der Waals surface area (Å²) in [6, 6.07) is 17.0. The molecule has 1 unspecified atom stereocenters. The van der Waals surface area contributed by atoms with Crippen LogP contribution in [-0.4, -0.2) is 37.7 Å². The molecule has 0 bridgehead atoms. The predicted molar refractivity (Wildman–Crippen MR) is 150 cm³/mol. The number of methoxy groups -OCH3 is 1. The van der Waals surface area contributed by atoms with Crippen LogP contribution in [0.5, 0.6) is 0 Å². The fourth-order valence-corrected chi connectivity index (χ4v) is 4.40. The average Bonchev–Trinajstić information content (AvgIpc) is 2.82. The number of ether oxygens (including phenoxy) is 1. The molecule has 0 aliphatic rings. The van der Waals surface area contributed by atoms with E-state index in [9.17, 15) is 9.59 Å². The fraction of sp³-hybridized carbons (Fsp3) is 0.462. The molecule has 2 amide bonds. The Hall–Kier alpha value is -1.84. The number of carbonyl (C=O) groups excluding carboxylic acids is 2. The summed E-state index contributed by atoms with van der Waals surface area (Å²) < 4.78 is 4.82. The number of rotatable bonds is 14. The second-order valence-electron chi connectivity index (χ2n) is 8.30. The zero-order valence-corrected chi connectivity index (χ0v) is 23.2. The Kier molecular flexibility index (Phi) is 14.2. The quantitative estimate of drug-likeness (QED) is 0.207. The van der Waals surface area contributed by atoms with Crippen molar-refractivity contribution in [1.82, 2.24) is 5.32 Å². The number of halogens is 2. The molecular formula is C26H37ClIN3O3. The van der Waals surface area contributed by atoms with Gasteiger partial charge in [-0.05, 0) is 74.9 Å². The number of hydrogen-bond donors (Lipinski definition) is 2. The Morgan fingerprint density at radius 3 is 2.26 bits per heavy atom. The number of aryl methyl sites for hydroxylation is 1. The molecule has 2 aromatic rings. The van der Waals surface area contributed by atoms with Gasteiger partial charge in [0.15, 0.2) is 0 Å². The number of urea groups is 1. The third kappa shape index (κ3) is 10.2. The van der Waals surface area contributed by atoms with E-state index in [2.05, 4.69) is 24.4 Å². The highest BCUT2D eigenvalue weighted by Gasteiger charge is 2.29. The molecule has 1 atom stereocenters. The maximum atomic E-state index is 12.1. The maximum Gasteiger partial charge on any atom is 0.319 e. The number of nitrogens with two attached hydrogens (primary N) is 1. The van der Waals surface area contributed by atoms with Crippen molar-refractivity contribution in [3.05, 3.63) is 65.2 Å². The summed E-state index contributed by atoms with van der Waals surface area (Å²) in [5, 5.41) is 4.42. The molecule has 0 heterocycles. The minimum atomic E-state index is -0.456. The van der Waals surface area contributed by atoms with Gasteiger partial charge in [-0.3, -0.25) is 9.69 Å². The van der Waals surface area contributed by atoms with Crippen LogP contribution in [-0.2, 0) is 16.0 Å². The summed E-state index contributed by atoms with van der Waals surface area (Å²) in [4.78, 5) is 25.4. The van der Waals surface area contributed by atoms with Gasteiger partial charge in [-0.2, -0.15) is 0 Å². The fourth-order valence-electron chi connectivity index (χ4n) is 4.27. The van der Waals surface area contributed by atoms with Gasteiger partial charge in [-0.15, -0.1) is 24.0 Å². The first-order valence-corrected chi connectivity index (χ1v) is 12.0. The first-order valence-electron chi connectivity index (χ1n) is 11.6. The highest BCUT2D eigenvalue weighted by atomic mass is 127. The highest BCUT2D eigenvalue weighted by molar-refractivity contribution is 14.0. The van der Waals surface area contributed by atoms with Gasteiger partial charge in [0.05, 0.1) is 7.11 Å². The van der Waals surface area contributed by atoms with Crippen molar-refractivity contribution in [1.29, 1.82) is 0 Å². The molecule has 6 nitrogen and oxygen atoms in total. The lowest BCUT2D eigenvalue weighted by Crippen LogP contribution is -2.46. The minimum absolute atomic E-state index is 0. The van der Waals surface area contributed by atoms with Crippen molar-refractivity contribution < 1.29 is 14.3 Å². The van der Waals surface area contributed by atoms with Crippen LogP contribution in [0.25, 0.3) is 0 Å². The number of anilines is 1. The molecule has 0 fully saturated rings. The summed E-state index contributed by atoms with van der Waals surface area (Å²) in [7, 11) is 1.42. The van der Waals surface area contributed by atoms with Gasteiger partial charge < -0.3 is 15.8 Å². The van der Waals surface area contributed by atoms with Crippen LogP contribution in [0.2, 0.25) is 5.02 Å². The number of hydrogen-bond acceptors (Lipinski definition) is 4. The monoisotopic (exact) mass is 601 g/mol. The number of nitrogens with one attached hydrogen (secondary N) is 1. The second kappa shape index (κ2) is 15.9. The smallest absolute Gasteiger partial charge is 0.319 e.